The van der Waals surface area contributed by atoms with Gasteiger partial charge in [0.25, 0.3) is 0 Å². The summed E-state index contributed by atoms with van der Waals surface area (Å²) in [6.45, 7) is 1.96. The van der Waals surface area contributed by atoms with Gasteiger partial charge in [-0.15, -0.1) is 0 Å². The fourth-order valence-corrected chi connectivity index (χ4v) is 1.97. The molecule has 0 saturated heterocycles. The number of aromatic nitrogens is 2. The number of anilines is 2. The zero-order chi connectivity index (χ0) is 12.4. The number of fused-ring (bicyclic) bond motifs is 1. The van der Waals surface area contributed by atoms with Gasteiger partial charge in [0, 0.05) is 11.1 Å². The number of aryl methyl sites for hydroxylation is 1. The van der Waals surface area contributed by atoms with Gasteiger partial charge < -0.3 is 5.32 Å². The van der Waals surface area contributed by atoms with Gasteiger partial charge in [-0.1, -0.05) is 36.4 Å². The van der Waals surface area contributed by atoms with Gasteiger partial charge >= 0.3 is 0 Å². The predicted molar refractivity (Wildman–Crippen MR) is 74.0 cm³/mol. The molecule has 0 saturated carbocycles. The minimum absolute atomic E-state index is 0.901. The molecule has 0 fully saturated rings. The van der Waals surface area contributed by atoms with E-state index in [-0.39, 0.29) is 0 Å². The normalized spacial score (nSPS) is 10.5. The highest BCUT2D eigenvalue weighted by atomic mass is 15.1. The van der Waals surface area contributed by atoms with E-state index in [9.17, 15) is 0 Å². The zero-order valence-electron chi connectivity index (χ0n) is 10.1. The van der Waals surface area contributed by atoms with E-state index in [4.69, 9.17) is 0 Å². The van der Waals surface area contributed by atoms with Gasteiger partial charge in [0.1, 0.15) is 0 Å². The first-order valence-corrected chi connectivity index (χ1v) is 5.89. The Morgan fingerprint density at radius 3 is 2.39 bits per heavy atom. The summed E-state index contributed by atoms with van der Waals surface area (Å²) in [5, 5.41) is 12.9. The van der Waals surface area contributed by atoms with Gasteiger partial charge in [-0.05, 0) is 25.1 Å². The second kappa shape index (κ2) is 4.45. The van der Waals surface area contributed by atoms with Crippen LogP contribution < -0.4 is 5.32 Å². The molecule has 3 rings (SSSR count). The molecule has 0 aliphatic rings. The van der Waals surface area contributed by atoms with Crippen molar-refractivity contribution in [2.75, 3.05) is 5.32 Å². The number of benzene rings is 2. The quantitative estimate of drug-likeness (QED) is 0.736. The van der Waals surface area contributed by atoms with Gasteiger partial charge in [-0.25, -0.2) is 0 Å². The first kappa shape index (κ1) is 10.7. The smallest absolute Gasteiger partial charge is 0.0950 e. The third-order valence-corrected chi connectivity index (χ3v) is 2.89. The topological polar surface area (TPSA) is 37.8 Å². The highest BCUT2D eigenvalue weighted by Crippen LogP contribution is 2.26. The first-order valence-electron chi connectivity index (χ1n) is 5.89. The maximum atomic E-state index is 4.19. The molecule has 3 heteroatoms. The fourth-order valence-electron chi connectivity index (χ4n) is 1.97. The Labute approximate surface area is 105 Å². The van der Waals surface area contributed by atoms with Crippen LogP contribution >= 0.6 is 0 Å². The average Bonchev–Trinajstić information content (AvgIpc) is 2.43. The zero-order valence-corrected chi connectivity index (χ0v) is 10.1. The summed E-state index contributed by atoms with van der Waals surface area (Å²) in [6, 6.07) is 18.1. The number of hydrogen-bond acceptors (Lipinski definition) is 3. The van der Waals surface area contributed by atoms with E-state index in [0.29, 0.717) is 0 Å². The molecule has 1 aromatic heterocycles. The molecule has 1 heterocycles. The molecule has 1 N–H and O–H groups in total. The molecule has 0 atom stereocenters. The van der Waals surface area contributed by atoms with Gasteiger partial charge in [0.2, 0.25) is 0 Å². The summed E-state index contributed by atoms with van der Waals surface area (Å²) in [7, 11) is 0. The maximum Gasteiger partial charge on any atom is 0.0950 e. The van der Waals surface area contributed by atoms with Crippen LogP contribution in [0.5, 0.6) is 0 Å². The number of nitrogens with zero attached hydrogens (tertiary/aromatic N) is 2. The third kappa shape index (κ3) is 1.91. The van der Waals surface area contributed by atoms with Crippen LogP contribution in [0.3, 0.4) is 0 Å². The largest absolute Gasteiger partial charge is 0.353 e. The van der Waals surface area contributed by atoms with Crippen LogP contribution in [0.25, 0.3) is 10.9 Å². The van der Waals surface area contributed by atoms with Crippen LogP contribution in [0.4, 0.5) is 11.4 Å². The standard InChI is InChI=1S/C15H13N3/c1-11-15(16-12-7-3-2-4-8-12)13-9-5-6-10-14(13)18-17-11/h2-10H,1H3,(H,16,18). The van der Waals surface area contributed by atoms with Crippen molar-refractivity contribution >= 4 is 22.3 Å². The average molecular weight is 235 g/mol. The lowest BCUT2D eigenvalue weighted by atomic mass is 10.1. The van der Waals surface area contributed by atoms with Crippen LogP contribution in [0, 0.1) is 6.92 Å². The van der Waals surface area contributed by atoms with E-state index < -0.39 is 0 Å². The van der Waals surface area contributed by atoms with Crippen LogP contribution in [0.1, 0.15) is 5.69 Å². The van der Waals surface area contributed by atoms with Crippen LogP contribution in [-0.4, -0.2) is 10.2 Å². The van der Waals surface area contributed by atoms with Crippen molar-refractivity contribution in [1.82, 2.24) is 10.2 Å². The van der Waals surface area contributed by atoms with Crippen molar-refractivity contribution in [3.05, 3.63) is 60.3 Å². The summed E-state index contributed by atoms with van der Waals surface area (Å²) >= 11 is 0. The van der Waals surface area contributed by atoms with E-state index in [2.05, 4.69) is 21.6 Å². The molecule has 88 valence electrons. The third-order valence-electron chi connectivity index (χ3n) is 2.89. The minimum atomic E-state index is 0.901. The Bertz CT molecular complexity index is 678. The number of nitrogens with one attached hydrogen (secondary N) is 1. The van der Waals surface area contributed by atoms with Gasteiger partial charge in [-0.2, -0.15) is 10.2 Å². The minimum Gasteiger partial charge on any atom is -0.353 e. The van der Waals surface area contributed by atoms with Crippen molar-refractivity contribution in [2.24, 2.45) is 0 Å². The molecule has 0 radical (unpaired) electrons. The Hall–Kier alpha value is -2.42. The molecule has 0 aliphatic carbocycles. The molecule has 0 spiro atoms. The fraction of sp³-hybridized carbons (Fsp3) is 0.0667. The van der Waals surface area contributed by atoms with Crippen molar-refractivity contribution in [2.45, 2.75) is 6.92 Å². The summed E-state index contributed by atoms with van der Waals surface area (Å²) < 4.78 is 0. The highest BCUT2D eigenvalue weighted by Gasteiger charge is 2.06. The monoisotopic (exact) mass is 235 g/mol. The molecular formula is C15H13N3. The molecular weight excluding hydrogens is 222 g/mol. The molecule has 0 bridgehead atoms. The lowest BCUT2D eigenvalue weighted by molar-refractivity contribution is 1.02. The molecule has 3 aromatic rings. The maximum absolute atomic E-state index is 4.19. The lowest BCUT2D eigenvalue weighted by Gasteiger charge is -2.11. The van der Waals surface area contributed by atoms with E-state index in [1.54, 1.807) is 0 Å². The molecule has 0 unspecified atom stereocenters. The Morgan fingerprint density at radius 2 is 1.56 bits per heavy atom. The van der Waals surface area contributed by atoms with Crippen LogP contribution in [0.15, 0.2) is 54.6 Å². The van der Waals surface area contributed by atoms with Crippen LogP contribution in [0.2, 0.25) is 0 Å². The van der Waals surface area contributed by atoms with E-state index >= 15 is 0 Å². The van der Waals surface area contributed by atoms with Gasteiger partial charge in [0.05, 0.1) is 16.9 Å². The van der Waals surface area contributed by atoms with Crippen LogP contribution in [-0.2, 0) is 0 Å². The van der Waals surface area contributed by atoms with Crippen molar-refractivity contribution in [3.63, 3.8) is 0 Å². The van der Waals surface area contributed by atoms with E-state index in [1.165, 1.54) is 0 Å². The molecule has 2 aromatic carbocycles. The van der Waals surface area contributed by atoms with Crippen molar-refractivity contribution in [1.29, 1.82) is 0 Å². The summed E-state index contributed by atoms with van der Waals surface area (Å²) in [5.41, 5.74) is 3.88. The highest BCUT2D eigenvalue weighted by molar-refractivity contribution is 5.93. The first-order chi connectivity index (χ1) is 8.84. The van der Waals surface area contributed by atoms with Crippen molar-refractivity contribution < 1.29 is 0 Å². The second-order valence-electron chi connectivity index (χ2n) is 4.17. The summed E-state index contributed by atoms with van der Waals surface area (Å²) in [4.78, 5) is 0. The summed E-state index contributed by atoms with van der Waals surface area (Å²) in [5.74, 6) is 0. The van der Waals surface area contributed by atoms with E-state index in [1.807, 2.05) is 55.5 Å². The SMILES string of the molecule is Cc1nnc2ccccc2c1Nc1ccccc1. The lowest BCUT2D eigenvalue weighted by Crippen LogP contribution is -1.98. The Kier molecular flexibility index (Phi) is 2.65. The second-order valence-corrected chi connectivity index (χ2v) is 4.17. The molecule has 3 nitrogen and oxygen atoms in total. The van der Waals surface area contributed by atoms with Crippen molar-refractivity contribution in [3.8, 4) is 0 Å². The molecule has 0 amide bonds. The van der Waals surface area contributed by atoms with Gasteiger partial charge in [-0.3, -0.25) is 0 Å². The Morgan fingerprint density at radius 1 is 0.833 bits per heavy atom. The Balaban J connectivity index is 2.13. The molecule has 0 aliphatic heterocycles. The number of rotatable bonds is 2. The molecule has 18 heavy (non-hydrogen) atoms. The van der Waals surface area contributed by atoms with E-state index in [0.717, 1.165) is 28.0 Å². The summed E-state index contributed by atoms with van der Waals surface area (Å²) in [6.07, 6.45) is 0. The predicted octanol–water partition coefficient (Wildman–Crippen LogP) is 3.68. The van der Waals surface area contributed by atoms with Gasteiger partial charge in [0.15, 0.2) is 0 Å². The number of hydrogen-bond donors (Lipinski definition) is 1. The number of para-hydroxylation sites is 1.